The standard InChI is InChI=1S/C52H37NO3/c1-52(2,3)34-24-26-36(27-25-34)53(35-12-5-4-6-13-35)43-18-11-21-47-50(43)41-17-9-16-38(51(41)56-47)33-22-28-40-48(31-33)55-46-20-10-15-37(49(40)46)32-23-29-45-42(30-32)39-14-7-8-19-44(39)54-45/h4-31H,1-3H3. The summed E-state index contributed by atoms with van der Waals surface area (Å²) in [5.41, 5.74) is 14.1. The molecule has 0 amide bonds. The first kappa shape index (κ1) is 32.4. The van der Waals surface area contributed by atoms with E-state index in [-0.39, 0.29) is 5.41 Å². The SMILES string of the molecule is CC(C)(C)c1ccc(N(c2ccccc2)c2cccc3oc4c(-c5ccc6c(c5)oc5cccc(-c7ccc8oc9ccccc9c8c7)c56)cccc4c23)cc1. The fraction of sp³-hybridized carbons (Fsp3) is 0.0769. The molecule has 0 unspecified atom stereocenters. The predicted octanol–water partition coefficient (Wildman–Crippen LogP) is 15.5. The van der Waals surface area contributed by atoms with Gasteiger partial charge in [0.05, 0.1) is 11.1 Å². The molecule has 0 atom stereocenters. The van der Waals surface area contributed by atoms with Gasteiger partial charge in [-0.3, -0.25) is 0 Å². The molecule has 0 spiro atoms. The Labute approximate surface area is 323 Å². The number of nitrogens with zero attached hydrogens (tertiary/aromatic N) is 1. The molecule has 0 aliphatic rings. The molecule has 11 aromatic rings. The van der Waals surface area contributed by atoms with Crippen LogP contribution in [0.25, 0.3) is 88.1 Å². The summed E-state index contributed by atoms with van der Waals surface area (Å²) >= 11 is 0. The molecular formula is C52H37NO3. The lowest BCUT2D eigenvalue weighted by Crippen LogP contribution is -2.13. The summed E-state index contributed by atoms with van der Waals surface area (Å²) in [6.07, 6.45) is 0. The molecule has 4 nitrogen and oxygen atoms in total. The lowest BCUT2D eigenvalue weighted by Gasteiger charge is -2.27. The largest absolute Gasteiger partial charge is 0.456 e. The van der Waals surface area contributed by atoms with Crippen LogP contribution in [0.15, 0.2) is 183 Å². The van der Waals surface area contributed by atoms with E-state index in [0.717, 1.165) is 105 Å². The van der Waals surface area contributed by atoms with Crippen LogP contribution in [0.3, 0.4) is 0 Å². The molecule has 0 aliphatic heterocycles. The number of rotatable bonds is 5. The van der Waals surface area contributed by atoms with Crippen molar-refractivity contribution in [1.29, 1.82) is 0 Å². The van der Waals surface area contributed by atoms with Gasteiger partial charge in [0.2, 0.25) is 0 Å². The van der Waals surface area contributed by atoms with Crippen LogP contribution >= 0.6 is 0 Å². The number of para-hydroxylation sites is 3. The average molecular weight is 724 g/mol. The van der Waals surface area contributed by atoms with Crippen molar-refractivity contribution < 1.29 is 13.3 Å². The van der Waals surface area contributed by atoms with Crippen LogP contribution in [-0.4, -0.2) is 0 Å². The van der Waals surface area contributed by atoms with Crippen molar-refractivity contribution in [3.63, 3.8) is 0 Å². The zero-order valence-corrected chi connectivity index (χ0v) is 31.3. The maximum absolute atomic E-state index is 6.81. The number of hydrogen-bond acceptors (Lipinski definition) is 4. The summed E-state index contributed by atoms with van der Waals surface area (Å²) in [5.74, 6) is 0. The van der Waals surface area contributed by atoms with Crippen LogP contribution in [0.4, 0.5) is 17.1 Å². The summed E-state index contributed by atoms with van der Waals surface area (Å²) < 4.78 is 19.6. The molecule has 0 fully saturated rings. The molecule has 0 bridgehead atoms. The number of benzene rings is 8. The van der Waals surface area contributed by atoms with Gasteiger partial charge in [-0.2, -0.15) is 0 Å². The first-order valence-electron chi connectivity index (χ1n) is 19.2. The summed E-state index contributed by atoms with van der Waals surface area (Å²) in [5, 5.41) is 6.54. The Kier molecular flexibility index (Phi) is 7.08. The van der Waals surface area contributed by atoms with Crippen LogP contribution in [0.5, 0.6) is 0 Å². The van der Waals surface area contributed by atoms with Crippen molar-refractivity contribution in [1.82, 2.24) is 0 Å². The van der Waals surface area contributed by atoms with Crippen LogP contribution in [0, 0.1) is 0 Å². The average Bonchev–Trinajstić information content (AvgIpc) is 3.92. The highest BCUT2D eigenvalue weighted by molar-refractivity contribution is 6.18. The van der Waals surface area contributed by atoms with E-state index in [0.29, 0.717) is 0 Å². The van der Waals surface area contributed by atoms with Gasteiger partial charge < -0.3 is 18.2 Å². The highest BCUT2D eigenvalue weighted by Gasteiger charge is 2.22. The van der Waals surface area contributed by atoms with Crippen molar-refractivity contribution in [2.24, 2.45) is 0 Å². The van der Waals surface area contributed by atoms with Gasteiger partial charge in [-0.05, 0) is 100 Å². The van der Waals surface area contributed by atoms with E-state index in [1.807, 2.05) is 12.1 Å². The minimum absolute atomic E-state index is 0.0617. The molecule has 56 heavy (non-hydrogen) atoms. The number of anilines is 3. The van der Waals surface area contributed by atoms with Crippen LogP contribution in [-0.2, 0) is 5.41 Å². The van der Waals surface area contributed by atoms with Gasteiger partial charge >= 0.3 is 0 Å². The van der Waals surface area contributed by atoms with Gasteiger partial charge in [0, 0.05) is 43.9 Å². The fourth-order valence-electron chi connectivity index (χ4n) is 8.49. The third-order valence-electron chi connectivity index (χ3n) is 11.2. The molecule has 3 heterocycles. The van der Waals surface area contributed by atoms with E-state index in [1.54, 1.807) is 0 Å². The minimum atomic E-state index is 0.0617. The maximum atomic E-state index is 6.81. The molecule has 0 saturated carbocycles. The molecule has 0 saturated heterocycles. The monoisotopic (exact) mass is 723 g/mol. The first-order chi connectivity index (χ1) is 27.4. The van der Waals surface area contributed by atoms with Gasteiger partial charge in [-0.1, -0.05) is 118 Å². The number of hydrogen-bond donors (Lipinski definition) is 0. The molecule has 268 valence electrons. The molecule has 0 radical (unpaired) electrons. The Bertz CT molecular complexity index is 3280. The summed E-state index contributed by atoms with van der Waals surface area (Å²) in [6, 6.07) is 59.8. The Hall–Kier alpha value is -7.04. The van der Waals surface area contributed by atoms with E-state index in [4.69, 9.17) is 13.3 Å². The van der Waals surface area contributed by atoms with Crippen molar-refractivity contribution in [3.8, 4) is 22.3 Å². The molecule has 4 heteroatoms. The zero-order valence-electron chi connectivity index (χ0n) is 31.3. The lowest BCUT2D eigenvalue weighted by atomic mass is 9.87. The van der Waals surface area contributed by atoms with E-state index < -0.39 is 0 Å². The quantitative estimate of drug-likeness (QED) is 0.177. The van der Waals surface area contributed by atoms with E-state index in [2.05, 4.69) is 183 Å². The van der Waals surface area contributed by atoms with Gasteiger partial charge in [0.25, 0.3) is 0 Å². The number of furan rings is 3. The minimum Gasteiger partial charge on any atom is -0.456 e. The smallest absolute Gasteiger partial charge is 0.143 e. The first-order valence-corrected chi connectivity index (χ1v) is 19.2. The number of fused-ring (bicyclic) bond motifs is 9. The second-order valence-corrected chi connectivity index (χ2v) is 15.7. The summed E-state index contributed by atoms with van der Waals surface area (Å²) in [6.45, 7) is 6.75. The zero-order chi connectivity index (χ0) is 37.5. The highest BCUT2D eigenvalue weighted by atomic mass is 16.3. The molecule has 11 rings (SSSR count). The van der Waals surface area contributed by atoms with E-state index in [1.165, 1.54) is 5.56 Å². The van der Waals surface area contributed by atoms with Crippen LogP contribution in [0.2, 0.25) is 0 Å². The maximum Gasteiger partial charge on any atom is 0.143 e. The lowest BCUT2D eigenvalue weighted by molar-refractivity contribution is 0.590. The second-order valence-electron chi connectivity index (χ2n) is 15.7. The third kappa shape index (κ3) is 5.06. The fourth-order valence-corrected chi connectivity index (χ4v) is 8.49. The van der Waals surface area contributed by atoms with Crippen molar-refractivity contribution in [3.05, 3.63) is 175 Å². The topological polar surface area (TPSA) is 42.7 Å². The third-order valence-corrected chi connectivity index (χ3v) is 11.2. The van der Waals surface area contributed by atoms with E-state index in [9.17, 15) is 0 Å². The molecule has 8 aromatic carbocycles. The molecule has 3 aromatic heterocycles. The Morgan fingerprint density at radius 3 is 1.86 bits per heavy atom. The van der Waals surface area contributed by atoms with Gasteiger partial charge in [0.15, 0.2) is 0 Å². The Morgan fingerprint density at radius 2 is 1.02 bits per heavy atom. The Morgan fingerprint density at radius 1 is 0.393 bits per heavy atom. The summed E-state index contributed by atoms with van der Waals surface area (Å²) in [4.78, 5) is 2.33. The predicted molar refractivity (Wildman–Crippen MR) is 233 cm³/mol. The molecule has 0 aliphatic carbocycles. The molecule has 0 N–H and O–H groups in total. The van der Waals surface area contributed by atoms with Crippen LogP contribution < -0.4 is 4.90 Å². The highest BCUT2D eigenvalue weighted by Crippen LogP contribution is 2.46. The van der Waals surface area contributed by atoms with Gasteiger partial charge in [0.1, 0.15) is 33.5 Å². The Balaban J connectivity index is 1.05. The van der Waals surface area contributed by atoms with Crippen LogP contribution in [0.1, 0.15) is 26.3 Å². The van der Waals surface area contributed by atoms with Gasteiger partial charge in [-0.25, -0.2) is 0 Å². The molecular weight excluding hydrogens is 687 g/mol. The normalized spacial score (nSPS) is 12.2. The second kappa shape index (κ2) is 12.2. The van der Waals surface area contributed by atoms with Gasteiger partial charge in [-0.15, -0.1) is 0 Å². The van der Waals surface area contributed by atoms with Crippen molar-refractivity contribution in [2.75, 3.05) is 4.90 Å². The van der Waals surface area contributed by atoms with E-state index >= 15 is 0 Å². The summed E-state index contributed by atoms with van der Waals surface area (Å²) in [7, 11) is 0. The van der Waals surface area contributed by atoms with Crippen molar-refractivity contribution >= 4 is 82.9 Å². The van der Waals surface area contributed by atoms with Crippen molar-refractivity contribution in [2.45, 2.75) is 26.2 Å².